The average molecular weight is 606 g/mol. The lowest BCUT2D eigenvalue weighted by Crippen LogP contribution is -2.16. The van der Waals surface area contributed by atoms with Crippen molar-refractivity contribution in [1.82, 2.24) is 9.97 Å². The zero-order valence-electron chi connectivity index (χ0n) is 24.9. The molecule has 0 atom stereocenters. The molecule has 12 nitrogen and oxygen atoms in total. The van der Waals surface area contributed by atoms with Gasteiger partial charge >= 0.3 is 5.97 Å². The Hall–Kier alpha value is -3.62. The van der Waals surface area contributed by atoms with E-state index in [2.05, 4.69) is 15.3 Å². The number of methoxy groups -OCH3 is 1. The number of carbonyl (C=O) groups excluding carboxylic acids is 1. The number of hydrogen-bond acceptors (Lipinski definition) is 12. The third kappa shape index (κ3) is 12.3. The minimum Gasteiger partial charge on any atom is -0.493 e. The molecule has 0 amide bonds. The SMILES string of the molecule is CCOC(=O)COCCOCCOCCOCCOCCOc1cc2c(Nc3ccc(F)c(C)c3)ncnc2cc1OC. The Morgan fingerprint density at radius 2 is 1.44 bits per heavy atom. The summed E-state index contributed by atoms with van der Waals surface area (Å²) >= 11 is 0. The van der Waals surface area contributed by atoms with E-state index in [9.17, 15) is 9.18 Å². The topological polar surface area (TPSA) is 129 Å². The second-order valence-electron chi connectivity index (χ2n) is 8.99. The number of carbonyl (C=O) groups is 1. The minimum atomic E-state index is -0.384. The van der Waals surface area contributed by atoms with Crippen LogP contribution in [-0.4, -0.2) is 102 Å². The monoisotopic (exact) mass is 605 g/mol. The van der Waals surface area contributed by atoms with E-state index in [1.807, 2.05) is 0 Å². The van der Waals surface area contributed by atoms with E-state index in [1.165, 1.54) is 12.4 Å². The zero-order chi connectivity index (χ0) is 30.7. The fourth-order valence-electron chi connectivity index (χ4n) is 3.74. The molecule has 0 saturated heterocycles. The van der Waals surface area contributed by atoms with Gasteiger partial charge in [-0.25, -0.2) is 19.2 Å². The summed E-state index contributed by atoms with van der Waals surface area (Å²) in [5, 5.41) is 3.95. The van der Waals surface area contributed by atoms with E-state index in [4.69, 9.17) is 37.9 Å². The van der Waals surface area contributed by atoms with E-state index in [0.717, 1.165) is 5.39 Å². The summed E-state index contributed by atoms with van der Waals surface area (Å²) in [7, 11) is 1.56. The van der Waals surface area contributed by atoms with Crippen molar-refractivity contribution in [1.29, 1.82) is 0 Å². The summed E-state index contributed by atoms with van der Waals surface area (Å²) in [6.45, 7) is 7.62. The van der Waals surface area contributed by atoms with Crippen molar-refractivity contribution in [2.75, 3.05) is 91.7 Å². The maximum atomic E-state index is 13.7. The van der Waals surface area contributed by atoms with Crippen LogP contribution < -0.4 is 14.8 Å². The van der Waals surface area contributed by atoms with E-state index in [1.54, 1.807) is 45.2 Å². The quantitative estimate of drug-likeness (QED) is 0.132. The number of aryl methyl sites for hydroxylation is 1. The van der Waals surface area contributed by atoms with Crippen LogP contribution in [0, 0.1) is 12.7 Å². The van der Waals surface area contributed by atoms with E-state index in [-0.39, 0.29) is 18.4 Å². The molecule has 0 aliphatic heterocycles. The van der Waals surface area contributed by atoms with Gasteiger partial charge in [0.25, 0.3) is 0 Å². The lowest BCUT2D eigenvalue weighted by molar-refractivity contribution is -0.149. The molecule has 1 aromatic heterocycles. The standard InChI is InChI=1S/C30H40FN3O9/c1-4-42-29(35)20-41-14-13-39-10-9-37-7-8-38-11-12-40-15-16-43-28-18-24-26(19-27(28)36-3)32-21-33-30(24)34-23-5-6-25(31)22(2)17-23/h5-6,17-19,21H,4,7-16,20H2,1-3H3,(H,32,33,34). The minimum absolute atomic E-state index is 0.0731. The molecule has 43 heavy (non-hydrogen) atoms. The van der Waals surface area contributed by atoms with E-state index < -0.39 is 0 Å². The highest BCUT2D eigenvalue weighted by Gasteiger charge is 2.12. The second kappa shape index (κ2) is 19.5. The average Bonchev–Trinajstić information content (AvgIpc) is 3.00. The van der Waals surface area contributed by atoms with Crippen LogP contribution in [0.25, 0.3) is 10.9 Å². The van der Waals surface area contributed by atoms with Crippen LogP contribution in [0.15, 0.2) is 36.7 Å². The highest BCUT2D eigenvalue weighted by Crippen LogP contribution is 2.34. The van der Waals surface area contributed by atoms with Gasteiger partial charge in [-0.15, -0.1) is 0 Å². The van der Waals surface area contributed by atoms with Crippen LogP contribution in [0.5, 0.6) is 11.5 Å². The smallest absolute Gasteiger partial charge is 0.332 e. The number of ether oxygens (including phenoxy) is 8. The van der Waals surface area contributed by atoms with Crippen molar-refractivity contribution >= 4 is 28.4 Å². The number of rotatable bonds is 22. The molecule has 2 aromatic carbocycles. The van der Waals surface area contributed by atoms with Gasteiger partial charge in [-0.3, -0.25) is 0 Å². The Morgan fingerprint density at radius 3 is 2.05 bits per heavy atom. The number of benzene rings is 2. The summed E-state index contributed by atoms with van der Waals surface area (Å²) in [4.78, 5) is 19.8. The summed E-state index contributed by atoms with van der Waals surface area (Å²) in [6.07, 6.45) is 1.45. The maximum absolute atomic E-state index is 13.7. The molecule has 0 fully saturated rings. The highest BCUT2D eigenvalue weighted by atomic mass is 19.1. The third-order valence-corrected chi connectivity index (χ3v) is 5.84. The molecule has 0 aliphatic carbocycles. The van der Waals surface area contributed by atoms with E-state index >= 15 is 0 Å². The molecular formula is C30H40FN3O9. The Labute approximate surface area is 250 Å². The predicted octanol–water partition coefficient (Wildman–Crippen LogP) is 3.85. The summed E-state index contributed by atoms with van der Waals surface area (Å²) in [6, 6.07) is 8.36. The first-order valence-corrected chi connectivity index (χ1v) is 14.0. The molecule has 0 saturated carbocycles. The van der Waals surface area contributed by atoms with Crippen LogP contribution in [0.1, 0.15) is 12.5 Å². The fraction of sp³-hybridized carbons (Fsp3) is 0.500. The first-order chi connectivity index (χ1) is 21.0. The number of aromatic nitrogens is 2. The van der Waals surface area contributed by atoms with Gasteiger partial charge in [0.1, 0.15) is 31.2 Å². The van der Waals surface area contributed by atoms with Crippen molar-refractivity contribution < 1.29 is 47.1 Å². The summed E-state index contributed by atoms with van der Waals surface area (Å²) < 4.78 is 56.9. The van der Waals surface area contributed by atoms with Crippen molar-refractivity contribution in [3.63, 3.8) is 0 Å². The zero-order valence-corrected chi connectivity index (χ0v) is 24.9. The first-order valence-electron chi connectivity index (χ1n) is 14.0. The molecular weight excluding hydrogens is 565 g/mol. The molecule has 0 radical (unpaired) electrons. The van der Waals surface area contributed by atoms with Crippen LogP contribution in [0.2, 0.25) is 0 Å². The van der Waals surface area contributed by atoms with E-state index in [0.29, 0.717) is 107 Å². The first kappa shape index (κ1) is 33.9. The van der Waals surface area contributed by atoms with Gasteiger partial charge in [-0.1, -0.05) is 0 Å². The molecule has 1 N–H and O–H groups in total. The number of fused-ring (bicyclic) bond motifs is 1. The lowest BCUT2D eigenvalue weighted by atomic mass is 10.2. The normalized spacial score (nSPS) is 11.1. The lowest BCUT2D eigenvalue weighted by Gasteiger charge is -2.14. The van der Waals surface area contributed by atoms with Crippen molar-refractivity contribution in [3.8, 4) is 11.5 Å². The van der Waals surface area contributed by atoms with Gasteiger partial charge in [0.15, 0.2) is 11.5 Å². The van der Waals surface area contributed by atoms with Gasteiger partial charge in [-0.05, 0) is 43.7 Å². The van der Waals surface area contributed by atoms with Gasteiger partial charge < -0.3 is 43.2 Å². The molecule has 0 spiro atoms. The summed E-state index contributed by atoms with van der Waals surface area (Å²) in [5.74, 6) is 0.961. The van der Waals surface area contributed by atoms with Gasteiger partial charge in [0, 0.05) is 17.1 Å². The largest absolute Gasteiger partial charge is 0.493 e. The number of halogens is 1. The molecule has 1 heterocycles. The van der Waals surface area contributed by atoms with Crippen LogP contribution in [-0.2, 0) is 33.2 Å². The van der Waals surface area contributed by atoms with Crippen molar-refractivity contribution in [2.24, 2.45) is 0 Å². The van der Waals surface area contributed by atoms with Crippen LogP contribution >= 0.6 is 0 Å². The Kier molecular flexibility index (Phi) is 15.4. The van der Waals surface area contributed by atoms with Crippen LogP contribution in [0.4, 0.5) is 15.9 Å². The number of nitrogens with zero attached hydrogens (tertiary/aromatic N) is 2. The number of esters is 1. The number of anilines is 2. The fourth-order valence-corrected chi connectivity index (χ4v) is 3.74. The van der Waals surface area contributed by atoms with Gasteiger partial charge in [-0.2, -0.15) is 0 Å². The molecule has 3 rings (SSSR count). The Balaban J connectivity index is 1.27. The number of hydrogen-bond donors (Lipinski definition) is 1. The molecule has 236 valence electrons. The molecule has 0 aliphatic rings. The Morgan fingerprint density at radius 1 is 0.814 bits per heavy atom. The van der Waals surface area contributed by atoms with Gasteiger partial charge in [0.2, 0.25) is 0 Å². The molecule has 0 unspecified atom stereocenters. The third-order valence-electron chi connectivity index (χ3n) is 5.84. The van der Waals surface area contributed by atoms with Crippen molar-refractivity contribution in [2.45, 2.75) is 13.8 Å². The molecule has 3 aromatic rings. The van der Waals surface area contributed by atoms with Crippen molar-refractivity contribution in [3.05, 3.63) is 48.0 Å². The second-order valence-corrected chi connectivity index (χ2v) is 8.99. The highest BCUT2D eigenvalue weighted by molar-refractivity contribution is 5.93. The summed E-state index contributed by atoms with van der Waals surface area (Å²) in [5.41, 5.74) is 1.91. The Bertz CT molecular complexity index is 1270. The molecule has 0 bridgehead atoms. The predicted molar refractivity (Wildman–Crippen MR) is 157 cm³/mol. The maximum Gasteiger partial charge on any atom is 0.332 e. The van der Waals surface area contributed by atoms with Crippen LogP contribution in [0.3, 0.4) is 0 Å². The van der Waals surface area contributed by atoms with Gasteiger partial charge in [0.05, 0.1) is 78.7 Å². The number of nitrogens with one attached hydrogen (secondary N) is 1. The molecule has 13 heteroatoms.